The predicted molar refractivity (Wildman–Crippen MR) is 62.7 cm³/mol. The highest BCUT2D eigenvalue weighted by Crippen LogP contribution is 2.23. The second-order valence-electron chi connectivity index (χ2n) is 4.03. The van der Waals surface area contributed by atoms with Crippen LogP contribution in [0.5, 0.6) is 5.75 Å². The third kappa shape index (κ3) is 4.54. The fourth-order valence-corrected chi connectivity index (χ4v) is 1.58. The van der Waals surface area contributed by atoms with Gasteiger partial charge in [-0.2, -0.15) is 4.98 Å². The third-order valence-corrected chi connectivity index (χ3v) is 2.31. The standard InChI is InChI=1S/C12H12F3N3O2/c1-8-17-11(18-20-8)7-16-6-9-3-2-4-10(5-9)19-12(13,14)15/h2-5,16H,6-7H2,1H3. The molecular formula is C12H12F3N3O2. The Hall–Kier alpha value is -2.09. The average Bonchev–Trinajstić information content (AvgIpc) is 2.73. The quantitative estimate of drug-likeness (QED) is 0.915. The van der Waals surface area contributed by atoms with Crippen molar-refractivity contribution in [3.05, 3.63) is 41.5 Å². The summed E-state index contributed by atoms with van der Waals surface area (Å²) in [6, 6.07) is 5.76. The van der Waals surface area contributed by atoms with E-state index >= 15 is 0 Å². The van der Waals surface area contributed by atoms with Crippen LogP contribution in [0.3, 0.4) is 0 Å². The molecule has 0 saturated heterocycles. The van der Waals surface area contributed by atoms with E-state index in [1.165, 1.54) is 18.2 Å². The molecule has 0 unspecified atom stereocenters. The molecule has 0 aliphatic carbocycles. The molecule has 0 saturated carbocycles. The Labute approximate surface area is 112 Å². The Bertz CT molecular complexity index is 569. The monoisotopic (exact) mass is 287 g/mol. The Morgan fingerprint density at radius 1 is 1.30 bits per heavy atom. The van der Waals surface area contributed by atoms with Crippen molar-refractivity contribution in [1.29, 1.82) is 0 Å². The van der Waals surface area contributed by atoms with Crippen molar-refractivity contribution in [3.63, 3.8) is 0 Å². The summed E-state index contributed by atoms with van der Waals surface area (Å²) in [7, 11) is 0. The van der Waals surface area contributed by atoms with Crippen molar-refractivity contribution in [2.45, 2.75) is 26.4 Å². The molecule has 0 radical (unpaired) electrons. The molecule has 20 heavy (non-hydrogen) atoms. The molecule has 1 N–H and O–H groups in total. The molecule has 0 amide bonds. The lowest BCUT2D eigenvalue weighted by Crippen LogP contribution is -2.17. The summed E-state index contributed by atoms with van der Waals surface area (Å²) in [4.78, 5) is 3.99. The number of aryl methyl sites for hydroxylation is 1. The van der Waals surface area contributed by atoms with Crippen LogP contribution in [-0.2, 0) is 13.1 Å². The molecule has 8 heteroatoms. The third-order valence-electron chi connectivity index (χ3n) is 2.31. The van der Waals surface area contributed by atoms with Crippen LogP contribution in [0.25, 0.3) is 0 Å². The van der Waals surface area contributed by atoms with Crippen LogP contribution in [0.4, 0.5) is 13.2 Å². The first-order valence-corrected chi connectivity index (χ1v) is 5.77. The highest BCUT2D eigenvalue weighted by Gasteiger charge is 2.31. The van der Waals surface area contributed by atoms with Gasteiger partial charge in [0.05, 0.1) is 6.54 Å². The molecule has 0 atom stereocenters. The van der Waals surface area contributed by atoms with Crippen LogP contribution in [0.2, 0.25) is 0 Å². The van der Waals surface area contributed by atoms with E-state index in [1.807, 2.05) is 0 Å². The van der Waals surface area contributed by atoms with Crippen molar-refractivity contribution >= 4 is 0 Å². The van der Waals surface area contributed by atoms with E-state index in [9.17, 15) is 13.2 Å². The molecule has 1 aromatic carbocycles. The van der Waals surface area contributed by atoms with E-state index in [0.29, 0.717) is 30.4 Å². The highest BCUT2D eigenvalue weighted by atomic mass is 19.4. The summed E-state index contributed by atoms with van der Waals surface area (Å²) >= 11 is 0. The SMILES string of the molecule is Cc1nc(CNCc2cccc(OC(F)(F)F)c2)no1. The van der Waals surface area contributed by atoms with Gasteiger partial charge < -0.3 is 14.6 Å². The molecule has 2 rings (SSSR count). The maximum absolute atomic E-state index is 12.1. The smallest absolute Gasteiger partial charge is 0.406 e. The number of nitrogens with zero attached hydrogens (tertiary/aromatic N) is 2. The van der Waals surface area contributed by atoms with Gasteiger partial charge in [-0.1, -0.05) is 17.3 Å². The molecule has 1 aromatic heterocycles. The summed E-state index contributed by atoms with van der Waals surface area (Å²) in [6.45, 7) is 2.40. The number of alkyl halides is 3. The molecule has 5 nitrogen and oxygen atoms in total. The number of rotatable bonds is 5. The normalized spacial score (nSPS) is 11.6. The number of nitrogens with one attached hydrogen (secondary N) is 1. The number of halogens is 3. The zero-order valence-corrected chi connectivity index (χ0v) is 10.6. The molecule has 0 fully saturated rings. The maximum Gasteiger partial charge on any atom is 0.573 e. The van der Waals surface area contributed by atoms with Crippen molar-refractivity contribution in [2.75, 3.05) is 0 Å². The van der Waals surface area contributed by atoms with Gasteiger partial charge in [-0.3, -0.25) is 0 Å². The first kappa shape index (κ1) is 14.3. The number of benzene rings is 1. The van der Waals surface area contributed by atoms with Crippen LogP contribution in [0.1, 0.15) is 17.3 Å². The Kier molecular flexibility index (Phi) is 4.23. The van der Waals surface area contributed by atoms with Gasteiger partial charge in [0.15, 0.2) is 5.82 Å². The molecule has 0 spiro atoms. The molecule has 0 aliphatic rings. The zero-order chi connectivity index (χ0) is 14.6. The van der Waals surface area contributed by atoms with Gasteiger partial charge in [0.2, 0.25) is 5.89 Å². The second kappa shape index (κ2) is 5.91. The summed E-state index contributed by atoms with van der Waals surface area (Å²) < 4.78 is 44.9. The van der Waals surface area contributed by atoms with Gasteiger partial charge >= 0.3 is 6.36 Å². The minimum absolute atomic E-state index is 0.243. The summed E-state index contributed by atoms with van der Waals surface area (Å²) in [5, 5.41) is 6.69. The maximum atomic E-state index is 12.1. The van der Waals surface area contributed by atoms with E-state index < -0.39 is 6.36 Å². The fourth-order valence-electron chi connectivity index (χ4n) is 1.58. The van der Waals surface area contributed by atoms with Crippen LogP contribution in [0.15, 0.2) is 28.8 Å². The second-order valence-corrected chi connectivity index (χ2v) is 4.03. The number of ether oxygens (including phenoxy) is 1. The van der Waals surface area contributed by atoms with Crippen molar-refractivity contribution in [2.24, 2.45) is 0 Å². The van der Waals surface area contributed by atoms with Crippen LogP contribution < -0.4 is 10.1 Å². The van der Waals surface area contributed by atoms with E-state index in [1.54, 1.807) is 13.0 Å². The lowest BCUT2D eigenvalue weighted by atomic mass is 10.2. The van der Waals surface area contributed by atoms with E-state index in [4.69, 9.17) is 4.52 Å². The Balaban J connectivity index is 1.88. The van der Waals surface area contributed by atoms with Crippen LogP contribution >= 0.6 is 0 Å². The van der Waals surface area contributed by atoms with Gasteiger partial charge in [-0.25, -0.2) is 0 Å². The summed E-state index contributed by atoms with van der Waals surface area (Å²) in [6.07, 6.45) is -4.69. The highest BCUT2D eigenvalue weighted by molar-refractivity contribution is 5.28. The van der Waals surface area contributed by atoms with Crippen LogP contribution in [-0.4, -0.2) is 16.5 Å². The summed E-state index contributed by atoms with van der Waals surface area (Å²) in [5.74, 6) is 0.708. The largest absolute Gasteiger partial charge is 0.573 e. The van der Waals surface area contributed by atoms with Gasteiger partial charge in [-0.05, 0) is 17.7 Å². The van der Waals surface area contributed by atoms with Crippen molar-refractivity contribution in [3.8, 4) is 5.75 Å². The number of hydrogen-bond donors (Lipinski definition) is 1. The van der Waals surface area contributed by atoms with Crippen LogP contribution in [0, 0.1) is 6.92 Å². The first-order chi connectivity index (χ1) is 9.42. The zero-order valence-electron chi connectivity index (χ0n) is 10.6. The topological polar surface area (TPSA) is 60.2 Å². The van der Waals surface area contributed by atoms with Gasteiger partial charge in [0.25, 0.3) is 0 Å². The molecule has 2 aromatic rings. The molecule has 0 aliphatic heterocycles. The van der Waals surface area contributed by atoms with E-state index in [2.05, 4.69) is 20.2 Å². The van der Waals surface area contributed by atoms with E-state index in [-0.39, 0.29) is 5.75 Å². The Morgan fingerprint density at radius 2 is 2.10 bits per heavy atom. The lowest BCUT2D eigenvalue weighted by molar-refractivity contribution is -0.274. The van der Waals surface area contributed by atoms with Gasteiger partial charge in [0, 0.05) is 13.5 Å². The van der Waals surface area contributed by atoms with Gasteiger partial charge in [0.1, 0.15) is 5.75 Å². The summed E-state index contributed by atoms with van der Waals surface area (Å²) in [5.41, 5.74) is 0.659. The van der Waals surface area contributed by atoms with Gasteiger partial charge in [-0.15, -0.1) is 13.2 Å². The number of hydrogen-bond acceptors (Lipinski definition) is 5. The average molecular weight is 287 g/mol. The minimum atomic E-state index is -4.69. The number of aromatic nitrogens is 2. The Morgan fingerprint density at radius 3 is 2.75 bits per heavy atom. The molecule has 1 heterocycles. The van der Waals surface area contributed by atoms with Crippen molar-refractivity contribution < 1.29 is 22.4 Å². The fraction of sp³-hybridized carbons (Fsp3) is 0.333. The molecular weight excluding hydrogens is 275 g/mol. The predicted octanol–water partition coefficient (Wildman–Crippen LogP) is 2.57. The lowest BCUT2D eigenvalue weighted by Gasteiger charge is -2.10. The molecule has 108 valence electrons. The minimum Gasteiger partial charge on any atom is -0.406 e. The molecule has 0 bridgehead atoms. The first-order valence-electron chi connectivity index (χ1n) is 5.77. The van der Waals surface area contributed by atoms with E-state index in [0.717, 1.165) is 0 Å². The van der Waals surface area contributed by atoms with Crippen molar-refractivity contribution in [1.82, 2.24) is 15.5 Å².